The van der Waals surface area contributed by atoms with Gasteiger partial charge in [0.2, 0.25) is 5.91 Å². The maximum atomic E-state index is 12.1. The fourth-order valence-electron chi connectivity index (χ4n) is 3.11. The highest BCUT2D eigenvalue weighted by molar-refractivity contribution is 9.10. The van der Waals surface area contributed by atoms with Gasteiger partial charge in [-0.25, -0.2) is 4.79 Å². The highest BCUT2D eigenvalue weighted by atomic mass is 79.9. The SMILES string of the molecule is CCCCCOC(=O)c1ccc(NC(=O)CCC(=O)OCC(=O)Nc2ccc(Br)cc2CC)cc1. The summed E-state index contributed by atoms with van der Waals surface area (Å²) in [5.41, 5.74) is 2.50. The van der Waals surface area contributed by atoms with Gasteiger partial charge in [-0.15, -0.1) is 0 Å². The van der Waals surface area contributed by atoms with Crippen LogP contribution in [0.15, 0.2) is 46.9 Å². The van der Waals surface area contributed by atoms with Gasteiger partial charge in [-0.05, 0) is 60.9 Å². The standard InChI is InChI=1S/C26H31BrN2O6/c1-3-5-6-15-34-26(33)19-7-10-21(11-8-19)28-23(30)13-14-25(32)35-17-24(31)29-22-12-9-20(27)16-18(22)4-2/h7-12,16H,3-6,13-15,17H2,1-2H3,(H,28,30)(H,29,31). The molecule has 0 atom stereocenters. The zero-order valence-corrected chi connectivity index (χ0v) is 21.6. The molecule has 0 saturated carbocycles. The fraction of sp³-hybridized carbons (Fsp3) is 0.385. The number of benzene rings is 2. The largest absolute Gasteiger partial charge is 0.462 e. The molecule has 2 N–H and O–H groups in total. The molecule has 188 valence electrons. The van der Waals surface area contributed by atoms with Crippen LogP contribution in [0, 0.1) is 0 Å². The minimum Gasteiger partial charge on any atom is -0.462 e. The van der Waals surface area contributed by atoms with Gasteiger partial charge in [-0.2, -0.15) is 0 Å². The predicted molar refractivity (Wildman–Crippen MR) is 137 cm³/mol. The molecule has 0 heterocycles. The van der Waals surface area contributed by atoms with E-state index in [0.717, 1.165) is 35.7 Å². The number of ether oxygens (including phenoxy) is 2. The molecule has 0 spiro atoms. The first-order chi connectivity index (χ1) is 16.8. The van der Waals surface area contributed by atoms with Crippen LogP contribution in [0.25, 0.3) is 0 Å². The normalized spacial score (nSPS) is 10.4. The van der Waals surface area contributed by atoms with E-state index in [1.807, 2.05) is 19.1 Å². The Bertz CT molecular complexity index is 1020. The van der Waals surface area contributed by atoms with E-state index in [0.29, 0.717) is 23.5 Å². The van der Waals surface area contributed by atoms with Crippen LogP contribution in [0.4, 0.5) is 11.4 Å². The molecule has 0 aliphatic heterocycles. The Balaban J connectivity index is 1.70. The van der Waals surface area contributed by atoms with Crippen LogP contribution < -0.4 is 10.6 Å². The Morgan fingerprint density at radius 1 is 0.857 bits per heavy atom. The van der Waals surface area contributed by atoms with Gasteiger partial charge >= 0.3 is 11.9 Å². The van der Waals surface area contributed by atoms with Crippen LogP contribution in [-0.4, -0.2) is 37.0 Å². The third-order valence-electron chi connectivity index (χ3n) is 5.03. The summed E-state index contributed by atoms with van der Waals surface area (Å²) in [6.07, 6.45) is 3.34. The first kappa shape index (κ1) is 28.0. The number of hydrogen-bond acceptors (Lipinski definition) is 6. The van der Waals surface area contributed by atoms with Gasteiger partial charge in [0.15, 0.2) is 6.61 Å². The number of carbonyl (C=O) groups is 4. The Kier molecular flexibility index (Phi) is 12.0. The van der Waals surface area contributed by atoms with Crippen molar-refractivity contribution in [1.82, 2.24) is 0 Å². The molecule has 2 rings (SSSR count). The van der Waals surface area contributed by atoms with Crippen LogP contribution >= 0.6 is 15.9 Å². The summed E-state index contributed by atoms with van der Waals surface area (Å²) in [5, 5.41) is 5.38. The topological polar surface area (TPSA) is 111 Å². The van der Waals surface area contributed by atoms with Gasteiger partial charge in [0, 0.05) is 22.3 Å². The summed E-state index contributed by atoms with van der Waals surface area (Å²) in [6.45, 7) is 3.99. The van der Waals surface area contributed by atoms with Gasteiger partial charge in [0.1, 0.15) is 0 Å². The number of halogens is 1. The van der Waals surface area contributed by atoms with E-state index in [1.165, 1.54) is 0 Å². The van der Waals surface area contributed by atoms with Crippen LogP contribution in [0.5, 0.6) is 0 Å². The monoisotopic (exact) mass is 546 g/mol. The molecule has 35 heavy (non-hydrogen) atoms. The summed E-state index contributed by atoms with van der Waals surface area (Å²) in [4.78, 5) is 48.1. The van der Waals surface area contributed by atoms with Crippen LogP contribution in [-0.2, 0) is 30.3 Å². The average molecular weight is 547 g/mol. The van der Waals surface area contributed by atoms with Gasteiger partial charge in [0.25, 0.3) is 5.91 Å². The van der Waals surface area contributed by atoms with Crippen molar-refractivity contribution >= 4 is 51.1 Å². The number of carbonyl (C=O) groups excluding carboxylic acids is 4. The predicted octanol–water partition coefficient (Wildman–Crippen LogP) is 5.26. The molecule has 0 aromatic heterocycles. The van der Waals surface area contributed by atoms with Crippen molar-refractivity contribution in [2.45, 2.75) is 52.4 Å². The van der Waals surface area contributed by atoms with E-state index >= 15 is 0 Å². The summed E-state index contributed by atoms with van der Waals surface area (Å²) in [6, 6.07) is 11.8. The maximum absolute atomic E-state index is 12.1. The lowest BCUT2D eigenvalue weighted by Gasteiger charge is -2.11. The van der Waals surface area contributed by atoms with E-state index < -0.39 is 24.5 Å². The van der Waals surface area contributed by atoms with E-state index in [4.69, 9.17) is 9.47 Å². The Morgan fingerprint density at radius 2 is 1.60 bits per heavy atom. The summed E-state index contributed by atoms with van der Waals surface area (Å²) in [7, 11) is 0. The van der Waals surface area contributed by atoms with Gasteiger partial charge in [-0.1, -0.05) is 42.6 Å². The number of amides is 2. The van der Waals surface area contributed by atoms with E-state index in [-0.39, 0.29) is 18.7 Å². The van der Waals surface area contributed by atoms with Gasteiger partial charge < -0.3 is 20.1 Å². The average Bonchev–Trinajstić information content (AvgIpc) is 2.85. The maximum Gasteiger partial charge on any atom is 0.338 e. The molecule has 0 saturated heterocycles. The molecule has 0 fully saturated rings. The van der Waals surface area contributed by atoms with Crippen LogP contribution in [0.2, 0.25) is 0 Å². The van der Waals surface area contributed by atoms with Crippen molar-refractivity contribution in [3.8, 4) is 0 Å². The van der Waals surface area contributed by atoms with Crippen molar-refractivity contribution in [2.75, 3.05) is 23.8 Å². The quantitative estimate of drug-likeness (QED) is 0.262. The van der Waals surface area contributed by atoms with Gasteiger partial charge in [0.05, 0.1) is 18.6 Å². The molecular weight excluding hydrogens is 516 g/mol. The number of rotatable bonds is 13. The van der Waals surface area contributed by atoms with Crippen molar-refractivity contribution in [3.05, 3.63) is 58.1 Å². The molecule has 2 amide bonds. The van der Waals surface area contributed by atoms with Crippen LogP contribution in [0.3, 0.4) is 0 Å². The van der Waals surface area contributed by atoms with E-state index in [1.54, 1.807) is 30.3 Å². The Morgan fingerprint density at radius 3 is 2.29 bits per heavy atom. The highest BCUT2D eigenvalue weighted by Crippen LogP contribution is 2.21. The lowest BCUT2D eigenvalue weighted by molar-refractivity contribution is -0.147. The zero-order chi connectivity index (χ0) is 25.6. The number of hydrogen-bond donors (Lipinski definition) is 2. The third kappa shape index (κ3) is 10.3. The molecule has 2 aromatic rings. The van der Waals surface area contributed by atoms with Crippen molar-refractivity contribution in [3.63, 3.8) is 0 Å². The second-order valence-corrected chi connectivity index (χ2v) is 8.75. The Hall–Kier alpha value is -3.20. The number of nitrogens with one attached hydrogen (secondary N) is 2. The number of unbranched alkanes of at least 4 members (excludes halogenated alkanes) is 2. The Labute approximate surface area is 213 Å². The molecule has 0 aliphatic carbocycles. The molecule has 0 bridgehead atoms. The molecule has 2 aromatic carbocycles. The molecular formula is C26H31BrN2O6. The lowest BCUT2D eigenvalue weighted by atomic mass is 10.1. The van der Waals surface area contributed by atoms with Crippen LogP contribution in [0.1, 0.15) is 61.9 Å². The van der Waals surface area contributed by atoms with E-state index in [2.05, 4.69) is 33.5 Å². The second kappa shape index (κ2) is 14.9. The first-order valence-corrected chi connectivity index (χ1v) is 12.4. The molecule has 8 nitrogen and oxygen atoms in total. The third-order valence-corrected chi connectivity index (χ3v) is 5.52. The molecule has 9 heteroatoms. The van der Waals surface area contributed by atoms with Gasteiger partial charge in [-0.3, -0.25) is 14.4 Å². The molecule has 0 aliphatic rings. The fourth-order valence-corrected chi connectivity index (χ4v) is 3.52. The number of anilines is 2. The van der Waals surface area contributed by atoms with Crippen molar-refractivity contribution in [2.24, 2.45) is 0 Å². The molecule has 0 radical (unpaired) electrons. The first-order valence-electron chi connectivity index (χ1n) is 11.6. The minimum atomic E-state index is -0.650. The number of esters is 2. The summed E-state index contributed by atoms with van der Waals surface area (Å²) < 4.78 is 11.1. The lowest BCUT2D eigenvalue weighted by Crippen LogP contribution is -2.22. The second-order valence-electron chi connectivity index (χ2n) is 7.83. The van der Waals surface area contributed by atoms with E-state index in [9.17, 15) is 19.2 Å². The van der Waals surface area contributed by atoms with Crippen molar-refractivity contribution in [1.29, 1.82) is 0 Å². The summed E-state index contributed by atoms with van der Waals surface area (Å²) in [5.74, 6) is -1.90. The minimum absolute atomic E-state index is 0.103. The smallest absolute Gasteiger partial charge is 0.338 e. The molecule has 0 unspecified atom stereocenters. The van der Waals surface area contributed by atoms with Crippen molar-refractivity contribution < 1.29 is 28.7 Å². The highest BCUT2D eigenvalue weighted by Gasteiger charge is 2.13. The number of aryl methyl sites for hydroxylation is 1. The zero-order valence-electron chi connectivity index (χ0n) is 20.0. The summed E-state index contributed by atoms with van der Waals surface area (Å²) >= 11 is 3.39.